The topological polar surface area (TPSA) is 49.4 Å². The van der Waals surface area contributed by atoms with Crippen LogP contribution in [0.1, 0.15) is 18.4 Å². The predicted octanol–water partition coefficient (Wildman–Crippen LogP) is 1.92. The van der Waals surface area contributed by atoms with Crippen LogP contribution in [0.2, 0.25) is 0 Å². The minimum atomic E-state index is -3.35. The second-order valence-electron chi connectivity index (χ2n) is 5.12. The fourth-order valence-electron chi connectivity index (χ4n) is 1.85. The lowest BCUT2D eigenvalue weighted by Gasteiger charge is -2.16. The molecule has 1 saturated carbocycles. The summed E-state index contributed by atoms with van der Waals surface area (Å²) in [4.78, 5) is 0.372. The standard InChI is InChI=1S/C14H22N2O2S2/c1-16(9-10-19-2)20(17,18)14-7-3-12(4-8-14)11-15-13-5-6-13/h3-4,7-8,13,15H,5-6,9-11H2,1-2H3. The molecule has 112 valence electrons. The van der Waals surface area contributed by atoms with Crippen molar-refractivity contribution in [1.82, 2.24) is 9.62 Å². The van der Waals surface area contributed by atoms with Gasteiger partial charge in [0, 0.05) is 31.9 Å². The molecule has 0 unspecified atom stereocenters. The van der Waals surface area contributed by atoms with Crippen LogP contribution in [0.25, 0.3) is 0 Å². The number of nitrogens with zero attached hydrogens (tertiary/aromatic N) is 1. The highest BCUT2D eigenvalue weighted by molar-refractivity contribution is 7.98. The van der Waals surface area contributed by atoms with E-state index in [2.05, 4.69) is 5.32 Å². The van der Waals surface area contributed by atoms with Gasteiger partial charge in [0.25, 0.3) is 0 Å². The Bertz CT molecular complexity index is 525. The van der Waals surface area contributed by atoms with Crippen molar-refractivity contribution in [2.24, 2.45) is 0 Å². The van der Waals surface area contributed by atoms with E-state index < -0.39 is 10.0 Å². The highest BCUT2D eigenvalue weighted by Gasteiger charge is 2.21. The van der Waals surface area contributed by atoms with E-state index in [1.807, 2.05) is 18.4 Å². The summed E-state index contributed by atoms with van der Waals surface area (Å²) in [5.41, 5.74) is 1.13. The normalized spacial score (nSPS) is 15.8. The van der Waals surface area contributed by atoms with Gasteiger partial charge in [0.15, 0.2) is 0 Å². The second-order valence-corrected chi connectivity index (χ2v) is 8.15. The maximum absolute atomic E-state index is 12.3. The van der Waals surface area contributed by atoms with Crippen LogP contribution in [0, 0.1) is 0 Å². The van der Waals surface area contributed by atoms with Gasteiger partial charge in [-0.1, -0.05) is 12.1 Å². The van der Waals surface area contributed by atoms with Gasteiger partial charge in [-0.25, -0.2) is 12.7 Å². The maximum Gasteiger partial charge on any atom is 0.242 e. The molecule has 1 fully saturated rings. The molecule has 0 bridgehead atoms. The molecule has 0 atom stereocenters. The minimum Gasteiger partial charge on any atom is -0.310 e. The van der Waals surface area contributed by atoms with E-state index in [9.17, 15) is 8.42 Å². The molecule has 1 N–H and O–H groups in total. The fourth-order valence-corrected chi connectivity index (χ4v) is 3.59. The number of hydrogen-bond acceptors (Lipinski definition) is 4. The molecule has 0 aromatic heterocycles. The molecule has 1 aliphatic rings. The molecule has 0 saturated heterocycles. The Hall–Kier alpha value is -0.560. The monoisotopic (exact) mass is 314 g/mol. The predicted molar refractivity (Wildman–Crippen MR) is 84.5 cm³/mol. The van der Waals surface area contributed by atoms with E-state index in [1.54, 1.807) is 30.9 Å². The van der Waals surface area contributed by atoms with Crippen molar-refractivity contribution >= 4 is 21.8 Å². The summed E-state index contributed by atoms with van der Waals surface area (Å²) >= 11 is 1.64. The van der Waals surface area contributed by atoms with Crippen LogP contribution in [0.3, 0.4) is 0 Å². The molecular formula is C14H22N2O2S2. The summed E-state index contributed by atoms with van der Waals surface area (Å²) < 4.78 is 26.1. The fraction of sp³-hybridized carbons (Fsp3) is 0.571. The summed E-state index contributed by atoms with van der Waals surface area (Å²) in [7, 11) is -1.71. The van der Waals surface area contributed by atoms with Gasteiger partial charge in [0.2, 0.25) is 10.0 Å². The van der Waals surface area contributed by atoms with Crippen molar-refractivity contribution in [2.75, 3.05) is 25.6 Å². The highest BCUT2D eigenvalue weighted by atomic mass is 32.2. The lowest BCUT2D eigenvalue weighted by molar-refractivity contribution is 0.488. The number of benzene rings is 1. The third-order valence-corrected chi connectivity index (χ3v) is 5.88. The third-order valence-electron chi connectivity index (χ3n) is 3.41. The van der Waals surface area contributed by atoms with Crippen molar-refractivity contribution in [2.45, 2.75) is 30.3 Å². The summed E-state index contributed by atoms with van der Waals surface area (Å²) in [6, 6.07) is 7.86. The number of sulfonamides is 1. The van der Waals surface area contributed by atoms with Crippen molar-refractivity contribution in [1.29, 1.82) is 0 Å². The van der Waals surface area contributed by atoms with Crippen molar-refractivity contribution in [3.63, 3.8) is 0 Å². The molecule has 1 aliphatic carbocycles. The van der Waals surface area contributed by atoms with Gasteiger partial charge < -0.3 is 5.32 Å². The van der Waals surface area contributed by atoms with E-state index in [4.69, 9.17) is 0 Å². The summed E-state index contributed by atoms with van der Waals surface area (Å²) in [5.74, 6) is 0.805. The second kappa shape index (κ2) is 6.93. The van der Waals surface area contributed by atoms with Gasteiger partial charge >= 0.3 is 0 Å². The molecule has 0 radical (unpaired) electrons. The van der Waals surface area contributed by atoms with Crippen molar-refractivity contribution in [3.05, 3.63) is 29.8 Å². The Morgan fingerprint density at radius 1 is 1.30 bits per heavy atom. The minimum absolute atomic E-state index is 0.372. The molecule has 2 rings (SSSR count). The van der Waals surface area contributed by atoms with Gasteiger partial charge in [-0.05, 0) is 36.8 Å². The molecule has 1 aromatic carbocycles. The van der Waals surface area contributed by atoms with Crippen LogP contribution in [0.5, 0.6) is 0 Å². The Balaban J connectivity index is 1.99. The third kappa shape index (κ3) is 4.22. The molecule has 20 heavy (non-hydrogen) atoms. The van der Waals surface area contributed by atoms with Crippen LogP contribution < -0.4 is 5.32 Å². The SMILES string of the molecule is CSCCN(C)S(=O)(=O)c1ccc(CNC2CC2)cc1. The largest absolute Gasteiger partial charge is 0.310 e. The molecular weight excluding hydrogens is 292 g/mol. The molecule has 0 spiro atoms. The zero-order valence-corrected chi connectivity index (χ0v) is 13.6. The van der Waals surface area contributed by atoms with Crippen LogP contribution in [0.15, 0.2) is 29.2 Å². The average molecular weight is 314 g/mol. The number of thioether (sulfide) groups is 1. The Morgan fingerprint density at radius 3 is 2.50 bits per heavy atom. The first kappa shape index (κ1) is 15.8. The molecule has 6 heteroatoms. The zero-order chi connectivity index (χ0) is 14.6. The van der Waals surface area contributed by atoms with E-state index in [0.717, 1.165) is 17.9 Å². The van der Waals surface area contributed by atoms with Gasteiger partial charge in [-0.2, -0.15) is 11.8 Å². The van der Waals surface area contributed by atoms with Crippen LogP contribution >= 0.6 is 11.8 Å². The van der Waals surface area contributed by atoms with E-state index in [1.165, 1.54) is 17.1 Å². The molecule has 0 aliphatic heterocycles. The molecule has 4 nitrogen and oxygen atoms in total. The van der Waals surface area contributed by atoms with Crippen LogP contribution in [-0.2, 0) is 16.6 Å². The highest BCUT2D eigenvalue weighted by Crippen LogP contribution is 2.20. The quantitative estimate of drug-likeness (QED) is 0.796. The Morgan fingerprint density at radius 2 is 1.95 bits per heavy atom. The van der Waals surface area contributed by atoms with E-state index in [-0.39, 0.29) is 0 Å². The number of nitrogens with one attached hydrogen (secondary N) is 1. The number of hydrogen-bond donors (Lipinski definition) is 1. The zero-order valence-electron chi connectivity index (χ0n) is 12.0. The summed E-state index contributed by atoms with van der Waals surface area (Å²) in [6.45, 7) is 1.35. The molecule has 0 amide bonds. The smallest absolute Gasteiger partial charge is 0.242 e. The van der Waals surface area contributed by atoms with E-state index >= 15 is 0 Å². The Kier molecular flexibility index (Phi) is 5.49. The first-order chi connectivity index (χ1) is 9.54. The van der Waals surface area contributed by atoms with Gasteiger partial charge in [0.05, 0.1) is 4.90 Å². The van der Waals surface area contributed by atoms with Gasteiger partial charge in [0.1, 0.15) is 0 Å². The van der Waals surface area contributed by atoms with Crippen LogP contribution in [0.4, 0.5) is 0 Å². The van der Waals surface area contributed by atoms with Crippen LogP contribution in [-0.4, -0.2) is 44.4 Å². The first-order valence-electron chi connectivity index (χ1n) is 6.81. The lowest BCUT2D eigenvalue weighted by atomic mass is 10.2. The molecule has 1 aromatic rings. The Labute approximate surface area is 126 Å². The van der Waals surface area contributed by atoms with Crippen molar-refractivity contribution in [3.8, 4) is 0 Å². The summed E-state index contributed by atoms with van der Waals surface area (Å²) in [6.07, 6.45) is 4.49. The average Bonchev–Trinajstić information content (AvgIpc) is 3.27. The molecule has 0 heterocycles. The van der Waals surface area contributed by atoms with Crippen molar-refractivity contribution < 1.29 is 8.42 Å². The van der Waals surface area contributed by atoms with Gasteiger partial charge in [-0.3, -0.25) is 0 Å². The maximum atomic E-state index is 12.3. The van der Waals surface area contributed by atoms with Gasteiger partial charge in [-0.15, -0.1) is 0 Å². The summed E-state index contributed by atoms with van der Waals surface area (Å²) in [5, 5.41) is 3.42. The van der Waals surface area contributed by atoms with E-state index in [0.29, 0.717) is 17.5 Å². The number of rotatable bonds is 8. The first-order valence-corrected chi connectivity index (χ1v) is 9.65. The lowest BCUT2D eigenvalue weighted by Crippen LogP contribution is -2.29.